The first-order valence-electron chi connectivity index (χ1n) is 6.97. The molecule has 0 saturated heterocycles. The van der Waals surface area contributed by atoms with E-state index in [1.54, 1.807) is 12.1 Å². The van der Waals surface area contributed by atoms with E-state index in [2.05, 4.69) is 5.32 Å². The van der Waals surface area contributed by atoms with Crippen LogP contribution in [0.15, 0.2) is 24.3 Å². The third-order valence-corrected chi connectivity index (χ3v) is 3.73. The highest BCUT2D eigenvalue weighted by Gasteiger charge is 2.27. The van der Waals surface area contributed by atoms with Crippen molar-refractivity contribution in [2.75, 3.05) is 13.2 Å². The maximum absolute atomic E-state index is 11.9. The van der Waals surface area contributed by atoms with Crippen LogP contribution in [0.2, 0.25) is 0 Å². The molecule has 0 aliphatic heterocycles. The number of para-hydroxylation sites is 2. The molecule has 2 unspecified atom stereocenters. The number of hydrogen-bond acceptors (Lipinski definition) is 5. The van der Waals surface area contributed by atoms with Crippen LogP contribution in [-0.2, 0) is 4.79 Å². The van der Waals surface area contributed by atoms with Gasteiger partial charge in [0.05, 0.1) is 4.92 Å². The molecule has 0 heterocycles. The summed E-state index contributed by atoms with van der Waals surface area (Å²) in [5, 5.41) is 13.7. The van der Waals surface area contributed by atoms with E-state index in [1.807, 2.05) is 0 Å². The van der Waals surface area contributed by atoms with Crippen molar-refractivity contribution >= 4 is 24.0 Å². The standard InChI is InChI=1S/C14H19N3O4.ClH/c15-8-10-4-3-5-11(10)16-14(18)9-21-13-7-2-1-6-12(13)17(19)20;/h1-2,6-7,10-11H,3-5,8-9,15H2,(H,16,18);1H. The smallest absolute Gasteiger partial charge is 0.310 e. The summed E-state index contributed by atoms with van der Waals surface area (Å²) in [6.45, 7) is 0.314. The molecule has 1 aromatic carbocycles. The van der Waals surface area contributed by atoms with Crippen LogP contribution in [0.3, 0.4) is 0 Å². The van der Waals surface area contributed by atoms with Crippen LogP contribution in [0.5, 0.6) is 5.75 Å². The molecule has 1 aromatic rings. The van der Waals surface area contributed by atoms with Gasteiger partial charge in [-0.05, 0) is 31.4 Å². The van der Waals surface area contributed by atoms with Gasteiger partial charge in [-0.25, -0.2) is 0 Å². The van der Waals surface area contributed by atoms with Crippen molar-refractivity contribution in [3.8, 4) is 5.75 Å². The third-order valence-electron chi connectivity index (χ3n) is 3.73. The van der Waals surface area contributed by atoms with E-state index >= 15 is 0 Å². The van der Waals surface area contributed by atoms with E-state index in [9.17, 15) is 14.9 Å². The Morgan fingerprint density at radius 1 is 1.41 bits per heavy atom. The van der Waals surface area contributed by atoms with Crippen molar-refractivity contribution in [1.29, 1.82) is 0 Å². The highest BCUT2D eigenvalue weighted by Crippen LogP contribution is 2.26. The van der Waals surface area contributed by atoms with E-state index < -0.39 is 4.92 Å². The van der Waals surface area contributed by atoms with Crippen LogP contribution in [0.1, 0.15) is 19.3 Å². The average molecular weight is 330 g/mol. The Morgan fingerprint density at radius 3 is 2.82 bits per heavy atom. The van der Waals surface area contributed by atoms with Crippen LogP contribution in [0.4, 0.5) is 5.69 Å². The van der Waals surface area contributed by atoms with Crippen LogP contribution in [0.25, 0.3) is 0 Å². The molecule has 22 heavy (non-hydrogen) atoms. The number of halogens is 1. The summed E-state index contributed by atoms with van der Waals surface area (Å²) in [6, 6.07) is 6.08. The molecule has 0 spiro atoms. The number of amides is 1. The van der Waals surface area contributed by atoms with Crippen molar-refractivity contribution in [2.24, 2.45) is 11.7 Å². The highest BCUT2D eigenvalue weighted by atomic mass is 35.5. The quantitative estimate of drug-likeness (QED) is 0.609. The second-order valence-electron chi connectivity index (χ2n) is 5.11. The van der Waals surface area contributed by atoms with Crippen LogP contribution < -0.4 is 15.8 Å². The topological polar surface area (TPSA) is 107 Å². The van der Waals surface area contributed by atoms with E-state index in [4.69, 9.17) is 10.5 Å². The molecule has 1 aliphatic carbocycles. The summed E-state index contributed by atoms with van der Waals surface area (Å²) >= 11 is 0. The Bertz CT molecular complexity index is 527. The van der Waals surface area contributed by atoms with Crippen LogP contribution in [-0.4, -0.2) is 30.0 Å². The second kappa shape index (κ2) is 8.55. The minimum atomic E-state index is -0.533. The molecule has 8 heteroatoms. The molecule has 1 fully saturated rings. The summed E-state index contributed by atoms with van der Waals surface area (Å²) in [5.41, 5.74) is 5.51. The predicted octanol–water partition coefficient (Wildman–Crippen LogP) is 1.64. The molecule has 1 amide bonds. The zero-order valence-electron chi connectivity index (χ0n) is 12.1. The van der Waals surface area contributed by atoms with Gasteiger partial charge in [-0.3, -0.25) is 14.9 Å². The van der Waals surface area contributed by atoms with Gasteiger partial charge in [0.1, 0.15) is 0 Å². The SMILES string of the molecule is Cl.NCC1CCCC1NC(=O)COc1ccccc1[N+](=O)[O-]. The number of carbonyl (C=O) groups is 1. The molecule has 122 valence electrons. The molecule has 1 saturated carbocycles. The Balaban J connectivity index is 0.00000242. The second-order valence-corrected chi connectivity index (χ2v) is 5.11. The number of carbonyl (C=O) groups excluding carboxylic acids is 1. The molecule has 2 rings (SSSR count). The van der Waals surface area contributed by atoms with Gasteiger partial charge in [-0.1, -0.05) is 18.6 Å². The zero-order valence-corrected chi connectivity index (χ0v) is 12.9. The maximum Gasteiger partial charge on any atom is 0.310 e. The first-order chi connectivity index (χ1) is 10.1. The fraction of sp³-hybridized carbons (Fsp3) is 0.500. The van der Waals surface area contributed by atoms with Crippen molar-refractivity contribution in [3.05, 3.63) is 34.4 Å². The summed E-state index contributed by atoms with van der Waals surface area (Å²) in [4.78, 5) is 22.2. The van der Waals surface area contributed by atoms with Gasteiger partial charge in [0.2, 0.25) is 0 Å². The van der Waals surface area contributed by atoms with Gasteiger partial charge in [0.25, 0.3) is 5.91 Å². The lowest BCUT2D eigenvalue weighted by Gasteiger charge is -2.19. The van der Waals surface area contributed by atoms with Gasteiger partial charge in [-0.2, -0.15) is 0 Å². The zero-order chi connectivity index (χ0) is 15.2. The molecule has 0 aromatic heterocycles. The summed E-state index contributed by atoms with van der Waals surface area (Å²) in [6.07, 6.45) is 2.99. The number of hydrogen-bond donors (Lipinski definition) is 2. The monoisotopic (exact) mass is 329 g/mol. The van der Waals surface area contributed by atoms with E-state index in [0.717, 1.165) is 19.3 Å². The maximum atomic E-state index is 11.9. The number of benzene rings is 1. The van der Waals surface area contributed by atoms with Crippen molar-refractivity contribution in [2.45, 2.75) is 25.3 Å². The summed E-state index contributed by atoms with van der Waals surface area (Å²) < 4.78 is 5.25. The van der Waals surface area contributed by atoms with Gasteiger partial charge in [0.15, 0.2) is 12.4 Å². The number of nitro benzene ring substituents is 1. The van der Waals surface area contributed by atoms with Gasteiger partial charge >= 0.3 is 5.69 Å². The molecular formula is C14H20ClN3O4. The Morgan fingerprint density at radius 2 is 2.14 bits per heavy atom. The molecule has 2 atom stereocenters. The van der Waals surface area contributed by atoms with Crippen LogP contribution in [0, 0.1) is 16.0 Å². The fourth-order valence-corrected chi connectivity index (χ4v) is 2.63. The molecule has 0 bridgehead atoms. The summed E-state index contributed by atoms with van der Waals surface area (Å²) in [7, 11) is 0. The Kier molecular flexibility index (Phi) is 7.07. The largest absolute Gasteiger partial charge is 0.477 e. The number of nitrogens with one attached hydrogen (secondary N) is 1. The molecule has 7 nitrogen and oxygen atoms in total. The lowest BCUT2D eigenvalue weighted by Crippen LogP contribution is -2.42. The number of nitrogens with two attached hydrogens (primary N) is 1. The van der Waals surface area contributed by atoms with Crippen molar-refractivity contribution < 1.29 is 14.5 Å². The Hall–Kier alpha value is -1.86. The van der Waals surface area contributed by atoms with Gasteiger partial charge in [-0.15, -0.1) is 12.4 Å². The minimum absolute atomic E-state index is 0. The number of nitro groups is 1. The van der Waals surface area contributed by atoms with E-state index in [-0.39, 0.29) is 42.4 Å². The lowest BCUT2D eigenvalue weighted by atomic mass is 10.0. The van der Waals surface area contributed by atoms with E-state index in [0.29, 0.717) is 12.5 Å². The van der Waals surface area contributed by atoms with E-state index in [1.165, 1.54) is 12.1 Å². The normalized spacial score (nSPS) is 20.0. The average Bonchev–Trinajstić information content (AvgIpc) is 2.92. The minimum Gasteiger partial charge on any atom is -0.477 e. The van der Waals surface area contributed by atoms with Crippen molar-refractivity contribution in [3.63, 3.8) is 0 Å². The third kappa shape index (κ3) is 4.57. The number of ether oxygens (including phenoxy) is 1. The lowest BCUT2D eigenvalue weighted by molar-refractivity contribution is -0.385. The number of nitrogens with zero attached hydrogens (tertiary/aromatic N) is 1. The first kappa shape index (κ1) is 18.2. The highest BCUT2D eigenvalue weighted by molar-refractivity contribution is 5.85. The van der Waals surface area contributed by atoms with Crippen LogP contribution >= 0.6 is 12.4 Å². The Labute approximate surface area is 134 Å². The van der Waals surface area contributed by atoms with Gasteiger partial charge in [0, 0.05) is 12.1 Å². The number of rotatable bonds is 6. The molecule has 1 aliphatic rings. The molecular weight excluding hydrogens is 310 g/mol. The fourth-order valence-electron chi connectivity index (χ4n) is 2.63. The predicted molar refractivity (Wildman–Crippen MR) is 84.2 cm³/mol. The molecule has 3 N–H and O–H groups in total. The first-order valence-corrected chi connectivity index (χ1v) is 6.97. The van der Waals surface area contributed by atoms with Gasteiger partial charge < -0.3 is 15.8 Å². The summed E-state index contributed by atoms with van der Waals surface area (Å²) in [5.74, 6) is 0.123. The molecule has 0 radical (unpaired) electrons. The van der Waals surface area contributed by atoms with Crippen molar-refractivity contribution in [1.82, 2.24) is 5.32 Å².